The van der Waals surface area contributed by atoms with E-state index in [1.54, 1.807) is 13.3 Å². The monoisotopic (exact) mass is 357 g/mol. The van der Waals surface area contributed by atoms with E-state index < -0.39 is 0 Å². The smallest absolute Gasteiger partial charge is 0.129 e. The molecule has 0 unspecified atom stereocenters. The minimum Gasteiger partial charge on any atom is -0.497 e. The Bertz CT molecular complexity index is 790. The Labute approximate surface area is 137 Å². The fourth-order valence-corrected chi connectivity index (χ4v) is 2.64. The van der Waals surface area contributed by atoms with Crippen LogP contribution in [-0.4, -0.2) is 24.1 Å². The van der Waals surface area contributed by atoms with Gasteiger partial charge in [0.15, 0.2) is 0 Å². The molecule has 0 N–H and O–H groups in total. The van der Waals surface area contributed by atoms with Crippen molar-refractivity contribution >= 4 is 32.7 Å². The molecule has 0 saturated heterocycles. The zero-order valence-corrected chi connectivity index (χ0v) is 14.0. The normalized spacial score (nSPS) is 10.7. The highest BCUT2D eigenvalue weighted by Gasteiger charge is 2.06. The predicted molar refractivity (Wildman–Crippen MR) is 92.3 cm³/mol. The summed E-state index contributed by atoms with van der Waals surface area (Å²) in [5.41, 5.74) is 2.10. The molecular formula is C17H16BrN3O. The van der Waals surface area contributed by atoms with Gasteiger partial charge in [-0.2, -0.15) is 0 Å². The summed E-state index contributed by atoms with van der Waals surface area (Å²) in [6.07, 6.45) is 1.78. The molecule has 5 heteroatoms. The van der Waals surface area contributed by atoms with Crippen LogP contribution in [-0.2, 0) is 6.54 Å². The van der Waals surface area contributed by atoms with Gasteiger partial charge in [0.25, 0.3) is 0 Å². The van der Waals surface area contributed by atoms with Crippen molar-refractivity contribution in [2.24, 2.45) is 0 Å². The molecule has 0 atom stereocenters. The first-order valence-electron chi connectivity index (χ1n) is 6.92. The molecule has 0 aliphatic heterocycles. The van der Waals surface area contributed by atoms with Gasteiger partial charge < -0.3 is 9.64 Å². The van der Waals surface area contributed by atoms with E-state index in [1.165, 1.54) is 5.56 Å². The molecule has 22 heavy (non-hydrogen) atoms. The first-order valence-corrected chi connectivity index (χ1v) is 7.71. The number of benzene rings is 1. The Kier molecular flexibility index (Phi) is 4.24. The van der Waals surface area contributed by atoms with E-state index in [0.717, 1.165) is 33.6 Å². The van der Waals surface area contributed by atoms with Gasteiger partial charge in [0.1, 0.15) is 16.2 Å². The van der Waals surface area contributed by atoms with Crippen LogP contribution >= 0.6 is 15.9 Å². The van der Waals surface area contributed by atoms with Gasteiger partial charge in [-0.05, 0) is 51.8 Å². The number of aromatic nitrogens is 2. The number of methoxy groups -OCH3 is 1. The van der Waals surface area contributed by atoms with Crippen LogP contribution in [0.15, 0.2) is 53.3 Å². The molecule has 112 valence electrons. The zero-order chi connectivity index (χ0) is 15.5. The van der Waals surface area contributed by atoms with Gasteiger partial charge in [-0.15, -0.1) is 0 Å². The van der Waals surface area contributed by atoms with Crippen LogP contribution in [0.25, 0.3) is 10.9 Å². The van der Waals surface area contributed by atoms with Gasteiger partial charge in [0.05, 0.1) is 18.8 Å². The number of hydrogen-bond acceptors (Lipinski definition) is 4. The van der Waals surface area contributed by atoms with Crippen molar-refractivity contribution in [2.45, 2.75) is 6.54 Å². The Morgan fingerprint density at radius 1 is 1.14 bits per heavy atom. The summed E-state index contributed by atoms with van der Waals surface area (Å²) in [5.74, 6) is 1.79. The first kappa shape index (κ1) is 14.8. The number of rotatable bonds is 4. The molecule has 0 bridgehead atoms. The molecule has 4 nitrogen and oxygen atoms in total. The van der Waals surface area contributed by atoms with E-state index in [2.05, 4.69) is 49.0 Å². The molecule has 0 aliphatic carbocycles. The van der Waals surface area contributed by atoms with Crippen LogP contribution in [0.1, 0.15) is 5.56 Å². The number of pyridine rings is 2. The van der Waals surface area contributed by atoms with Crippen molar-refractivity contribution in [3.05, 3.63) is 58.8 Å². The third kappa shape index (κ3) is 3.20. The average Bonchev–Trinajstić information content (AvgIpc) is 2.55. The Morgan fingerprint density at radius 2 is 1.91 bits per heavy atom. The lowest BCUT2D eigenvalue weighted by Crippen LogP contribution is -2.17. The average molecular weight is 358 g/mol. The highest BCUT2D eigenvalue weighted by Crippen LogP contribution is 2.21. The third-order valence-corrected chi connectivity index (χ3v) is 3.93. The van der Waals surface area contributed by atoms with Crippen molar-refractivity contribution in [3.8, 4) is 5.75 Å². The van der Waals surface area contributed by atoms with E-state index in [0.29, 0.717) is 0 Å². The van der Waals surface area contributed by atoms with Crippen LogP contribution in [0.4, 0.5) is 5.82 Å². The molecule has 0 spiro atoms. The summed E-state index contributed by atoms with van der Waals surface area (Å²) in [6, 6.07) is 14.1. The molecular weight excluding hydrogens is 342 g/mol. The van der Waals surface area contributed by atoms with Gasteiger partial charge in [-0.3, -0.25) is 0 Å². The number of anilines is 1. The summed E-state index contributed by atoms with van der Waals surface area (Å²) in [5, 5.41) is 1.07. The molecule has 0 aliphatic rings. The Hall–Kier alpha value is -2.14. The van der Waals surface area contributed by atoms with Crippen LogP contribution < -0.4 is 9.64 Å². The van der Waals surface area contributed by atoms with E-state index in [-0.39, 0.29) is 0 Å². The fourth-order valence-electron chi connectivity index (χ4n) is 2.29. The molecule has 0 fully saturated rings. The summed E-state index contributed by atoms with van der Waals surface area (Å²) in [7, 11) is 3.71. The Morgan fingerprint density at radius 3 is 2.64 bits per heavy atom. The standard InChI is InChI=1S/C17H16BrN3O/c1-21(11-12-3-6-14(22-2)7-4-12)17-8-5-13-9-16(18)19-10-15(13)20-17/h3-10H,11H2,1-2H3. The van der Waals surface area contributed by atoms with Gasteiger partial charge in [0.2, 0.25) is 0 Å². The second-order valence-corrected chi connectivity index (χ2v) is 5.89. The largest absolute Gasteiger partial charge is 0.497 e. The van der Waals surface area contributed by atoms with Crippen molar-refractivity contribution in [2.75, 3.05) is 19.1 Å². The third-order valence-electron chi connectivity index (χ3n) is 3.50. The maximum atomic E-state index is 5.18. The second kappa shape index (κ2) is 6.32. The van der Waals surface area contributed by atoms with Gasteiger partial charge in [-0.25, -0.2) is 9.97 Å². The number of halogens is 1. The van der Waals surface area contributed by atoms with E-state index >= 15 is 0 Å². The van der Waals surface area contributed by atoms with Crippen molar-refractivity contribution in [1.82, 2.24) is 9.97 Å². The lowest BCUT2D eigenvalue weighted by Gasteiger charge is -2.18. The second-order valence-electron chi connectivity index (χ2n) is 5.07. The van der Waals surface area contributed by atoms with Gasteiger partial charge >= 0.3 is 0 Å². The summed E-state index contributed by atoms with van der Waals surface area (Å²) in [6.45, 7) is 0.784. The first-order chi connectivity index (χ1) is 10.7. The quantitative estimate of drug-likeness (QED) is 0.660. The maximum absolute atomic E-state index is 5.18. The molecule has 0 saturated carbocycles. The topological polar surface area (TPSA) is 38.2 Å². The van der Waals surface area contributed by atoms with Crippen LogP contribution in [0.3, 0.4) is 0 Å². The van der Waals surface area contributed by atoms with Crippen LogP contribution in [0.5, 0.6) is 5.75 Å². The summed E-state index contributed by atoms with van der Waals surface area (Å²) < 4.78 is 6.00. The lowest BCUT2D eigenvalue weighted by atomic mass is 10.2. The number of fused-ring (bicyclic) bond motifs is 1. The highest BCUT2D eigenvalue weighted by atomic mass is 79.9. The van der Waals surface area contributed by atoms with Gasteiger partial charge in [0, 0.05) is 19.0 Å². The minimum absolute atomic E-state index is 0.784. The molecule has 2 aromatic heterocycles. The summed E-state index contributed by atoms with van der Waals surface area (Å²) in [4.78, 5) is 11.0. The number of nitrogens with zero attached hydrogens (tertiary/aromatic N) is 3. The van der Waals surface area contributed by atoms with Crippen LogP contribution in [0.2, 0.25) is 0 Å². The molecule has 2 heterocycles. The van der Waals surface area contributed by atoms with Crippen molar-refractivity contribution < 1.29 is 4.74 Å². The van der Waals surface area contributed by atoms with E-state index in [1.807, 2.05) is 31.3 Å². The number of hydrogen-bond donors (Lipinski definition) is 0. The van der Waals surface area contributed by atoms with Crippen molar-refractivity contribution in [1.29, 1.82) is 0 Å². The van der Waals surface area contributed by atoms with E-state index in [9.17, 15) is 0 Å². The highest BCUT2D eigenvalue weighted by molar-refractivity contribution is 9.10. The van der Waals surface area contributed by atoms with Gasteiger partial charge in [-0.1, -0.05) is 12.1 Å². The lowest BCUT2D eigenvalue weighted by molar-refractivity contribution is 0.414. The maximum Gasteiger partial charge on any atom is 0.129 e. The fraction of sp³-hybridized carbons (Fsp3) is 0.176. The number of ether oxygens (including phenoxy) is 1. The van der Waals surface area contributed by atoms with E-state index in [4.69, 9.17) is 4.74 Å². The minimum atomic E-state index is 0.784. The summed E-state index contributed by atoms with van der Waals surface area (Å²) >= 11 is 3.38. The molecule has 0 radical (unpaired) electrons. The van der Waals surface area contributed by atoms with Crippen LogP contribution in [0, 0.1) is 0 Å². The molecule has 3 aromatic rings. The molecule has 0 amide bonds. The van der Waals surface area contributed by atoms with Crippen molar-refractivity contribution in [3.63, 3.8) is 0 Å². The predicted octanol–water partition coefficient (Wildman–Crippen LogP) is 4.04. The zero-order valence-electron chi connectivity index (χ0n) is 12.5. The SMILES string of the molecule is COc1ccc(CN(C)c2ccc3cc(Br)ncc3n2)cc1. The Balaban J connectivity index is 1.81. The molecule has 3 rings (SSSR count). The molecule has 1 aromatic carbocycles.